The van der Waals surface area contributed by atoms with Gasteiger partial charge in [0.1, 0.15) is 5.75 Å². The Balaban J connectivity index is 1.93. The molecule has 0 bridgehead atoms. The van der Waals surface area contributed by atoms with Crippen LogP contribution >= 0.6 is 0 Å². The Morgan fingerprint density at radius 1 is 1.12 bits per heavy atom. The number of para-hydroxylation sites is 1. The monoisotopic (exact) mass is 326 g/mol. The molecule has 4 nitrogen and oxygen atoms in total. The van der Waals surface area contributed by atoms with E-state index in [9.17, 15) is 4.79 Å². The number of carbonyl (C=O) groups excluding carboxylic acids is 1. The molecule has 1 amide bonds. The van der Waals surface area contributed by atoms with Crippen molar-refractivity contribution in [2.45, 2.75) is 32.9 Å². The van der Waals surface area contributed by atoms with Crippen LogP contribution in [-0.4, -0.2) is 26.1 Å². The zero-order valence-corrected chi connectivity index (χ0v) is 14.9. The number of amides is 1. The van der Waals surface area contributed by atoms with Crippen molar-refractivity contribution in [3.63, 3.8) is 0 Å². The number of ether oxygens (including phenoxy) is 1. The molecule has 4 heteroatoms. The maximum absolute atomic E-state index is 12.4. The summed E-state index contributed by atoms with van der Waals surface area (Å²) in [7, 11) is 4.01. The summed E-state index contributed by atoms with van der Waals surface area (Å²) in [6, 6.07) is 15.9. The zero-order chi connectivity index (χ0) is 17.5. The fourth-order valence-corrected chi connectivity index (χ4v) is 2.38. The highest BCUT2D eigenvalue weighted by atomic mass is 16.5. The molecule has 0 spiro atoms. The normalized spacial score (nSPS) is 11.7. The van der Waals surface area contributed by atoms with Gasteiger partial charge in [-0.1, -0.05) is 37.3 Å². The average Bonchev–Trinajstić information content (AvgIpc) is 2.59. The Hall–Kier alpha value is -2.49. The summed E-state index contributed by atoms with van der Waals surface area (Å²) in [6.45, 7) is 4.43. The molecule has 24 heavy (non-hydrogen) atoms. The number of nitrogens with one attached hydrogen (secondary N) is 1. The Bertz CT molecular complexity index is 666. The van der Waals surface area contributed by atoms with Gasteiger partial charge in [0.15, 0.2) is 6.10 Å². The topological polar surface area (TPSA) is 41.6 Å². The maximum atomic E-state index is 12.4. The van der Waals surface area contributed by atoms with Crippen molar-refractivity contribution in [3.8, 4) is 5.75 Å². The van der Waals surface area contributed by atoms with E-state index in [0.29, 0.717) is 13.0 Å². The Morgan fingerprint density at radius 3 is 2.38 bits per heavy atom. The molecule has 0 aliphatic rings. The van der Waals surface area contributed by atoms with Gasteiger partial charge < -0.3 is 15.0 Å². The lowest BCUT2D eigenvalue weighted by Gasteiger charge is -2.19. The van der Waals surface area contributed by atoms with Crippen molar-refractivity contribution in [2.24, 2.45) is 0 Å². The standard InChI is InChI=1S/C20H26N2O2/c1-5-18(24-19-9-7-6-8-15(19)2)20(23)21-14-16-10-12-17(13-11-16)22(3)4/h6-13,18H,5,14H2,1-4H3,(H,21,23). The number of benzene rings is 2. The molecule has 128 valence electrons. The number of hydrogen-bond acceptors (Lipinski definition) is 3. The lowest BCUT2D eigenvalue weighted by atomic mass is 10.2. The van der Waals surface area contributed by atoms with E-state index in [1.807, 2.05) is 81.4 Å². The van der Waals surface area contributed by atoms with Gasteiger partial charge in [0.2, 0.25) is 0 Å². The first-order chi connectivity index (χ1) is 11.5. The molecule has 0 saturated carbocycles. The second-order valence-electron chi connectivity index (χ2n) is 6.06. The van der Waals surface area contributed by atoms with Crippen LogP contribution in [0.5, 0.6) is 5.75 Å². The Morgan fingerprint density at radius 2 is 1.79 bits per heavy atom. The Kier molecular flexibility index (Phi) is 6.24. The van der Waals surface area contributed by atoms with Crippen LogP contribution in [0.2, 0.25) is 0 Å². The molecule has 0 saturated heterocycles. The second-order valence-corrected chi connectivity index (χ2v) is 6.06. The van der Waals surface area contributed by atoms with Gasteiger partial charge in [-0.25, -0.2) is 0 Å². The smallest absolute Gasteiger partial charge is 0.261 e. The quantitative estimate of drug-likeness (QED) is 0.846. The second kappa shape index (κ2) is 8.39. The number of hydrogen-bond donors (Lipinski definition) is 1. The highest BCUT2D eigenvalue weighted by molar-refractivity contribution is 5.81. The van der Waals surface area contributed by atoms with Gasteiger partial charge >= 0.3 is 0 Å². The molecule has 1 N–H and O–H groups in total. The van der Waals surface area contributed by atoms with E-state index in [0.717, 1.165) is 22.6 Å². The first kappa shape index (κ1) is 17.9. The molecule has 0 heterocycles. The van der Waals surface area contributed by atoms with Crippen LogP contribution in [0.3, 0.4) is 0 Å². The molecule has 0 fully saturated rings. The third-order valence-corrected chi connectivity index (χ3v) is 3.95. The van der Waals surface area contributed by atoms with Crippen molar-refractivity contribution in [1.82, 2.24) is 5.32 Å². The average molecular weight is 326 g/mol. The maximum Gasteiger partial charge on any atom is 0.261 e. The molecular weight excluding hydrogens is 300 g/mol. The first-order valence-corrected chi connectivity index (χ1v) is 8.27. The number of nitrogens with zero attached hydrogens (tertiary/aromatic N) is 1. The van der Waals surface area contributed by atoms with E-state index in [2.05, 4.69) is 5.32 Å². The fourth-order valence-electron chi connectivity index (χ4n) is 2.38. The van der Waals surface area contributed by atoms with Gasteiger partial charge in [-0.15, -0.1) is 0 Å². The van der Waals surface area contributed by atoms with Gasteiger partial charge in [-0.05, 0) is 42.7 Å². The zero-order valence-electron chi connectivity index (χ0n) is 14.9. The Labute approximate surface area is 144 Å². The van der Waals surface area contributed by atoms with Gasteiger partial charge in [-0.2, -0.15) is 0 Å². The van der Waals surface area contributed by atoms with Crippen molar-refractivity contribution in [1.29, 1.82) is 0 Å². The van der Waals surface area contributed by atoms with Crippen LogP contribution in [0.25, 0.3) is 0 Å². The van der Waals surface area contributed by atoms with Crippen LogP contribution < -0.4 is 15.0 Å². The summed E-state index contributed by atoms with van der Waals surface area (Å²) in [5.41, 5.74) is 3.24. The minimum absolute atomic E-state index is 0.0857. The summed E-state index contributed by atoms with van der Waals surface area (Å²) >= 11 is 0. The van der Waals surface area contributed by atoms with E-state index in [4.69, 9.17) is 4.74 Å². The van der Waals surface area contributed by atoms with E-state index < -0.39 is 6.10 Å². The summed E-state index contributed by atoms with van der Waals surface area (Å²) < 4.78 is 5.88. The largest absolute Gasteiger partial charge is 0.480 e. The molecule has 0 aromatic heterocycles. The van der Waals surface area contributed by atoms with Gasteiger partial charge in [0, 0.05) is 26.3 Å². The third-order valence-electron chi connectivity index (χ3n) is 3.95. The van der Waals surface area contributed by atoms with Crippen molar-refractivity contribution in [3.05, 3.63) is 59.7 Å². The number of anilines is 1. The summed E-state index contributed by atoms with van der Waals surface area (Å²) in [5, 5.41) is 2.96. The number of aryl methyl sites for hydroxylation is 1. The number of carbonyl (C=O) groups is 1. The van der Waals surface area contributed by atoms with Crippen LogP contribution in [0.1, 0.15) is 24.5 Å². The SMILES string of the molecule is CCC(Oc1ccccc1C)C(=O)NCc1ccc(N(C)C)cc1. The van der Waals surface area contributed by atoms with Crippen molar-refractivity contribution >= 4 is 11.6 Å². The van der Waals surface area contributed by atoms with E-state index in [-0.39, 0.29) is 5.91 Å². The van der Waals surface area contributed by atoms with Crippen LogP contribution in [0.15, 0.2) is 48.5 Å². The summed E-state index contributed by atoms with van der Waals surface area (Å²) in [4.78, 5) is 14.4. The van der Waals surface area contributed by atoms with E-state index in [1.165, 1.54) is 0 Å². The van der Waals surface area contributed by atoms with E-state index >= 15 is 0 Å². The molecular formula is C20H26N2O2. The molecule has 1 unspecified atom stereocenters. The van der Waals surface area contributed by atoms with E-state index in [1.54, 1.807) is 0 Å². The fraction of sp³-hybridized carbons (Fsp3) is 0.350. The predicted octanol–water partition coefficient (Wildman–Crippen LogP) is 3.53. The summed E-state index contributed by atoms with van der Waals surface area (Å²) in [6.07, 6.45) is 0.145. The van der Waals surface area contributed by atoms with Crippen LogP contribution in [0, 0.1) is 6.92 Å². The first-order valence-electron chi connectivity index (χ1n) is 8.27. The molecule has 0 radical (unpaired) electrons. The molecule has 2 aromatic rings. The minimum atomic E-state index is -0.479. The van der Waals surface area contributed by atoms with Crippen LogP contribution in [0.4, 0.5) is 5.69 Å². The van der Waals surface area contributed by atoms with Gasteiger partial charge in [0.25, 0.3) is 5.91 Å². The van der Waals surface area contributed by atoms with Gasteiger partial charge in [-0.3, -0.25) is 4.79 Å². The van der Waals surface area contributed by atoms with Gasteiger partial charge in [0.05, 0.1) is 0 Å². The van der Waals surface area contributed by atoms with Crippen molar-refractivity contribution in [2.75, 3.05) is 19.0 Å². The lowest BCUT2D eigenvalue weighted by molar-refractivity contribution is -0.128. The molecule has 2 aromatic carbocycles. The van der Waals surface area contributed by atoms with Crippen LogP contribution in [-0.2, 0) is 11.3 Å². The minimum Gasteiger partial charge on any atom is -0.480 e. The van der Waals surface area contributed by atoms with Crippen molar-refractivity contribution < 1.29 is 9.53 Å². The highest BCUT2D eigenvalue weighted by Crippen LogP contribution is 2.19. The summed E-state index contributed by atoms with van der Waals surface area (Å²) in [5.74, 6) is 0.673. The molecule has 0 aliphatic heterocycles. The molecule has 2 rings (SSSR count). The predicted molar refractivity (Wildman–Crippen MR) is 98.5 cm³/mol. The molecule has 1 atom stereocenters. The lowest BCUT2D eigenvalue weighted by Crippen LogP contribution is -2.37. The third kappa shape index (κ3) is 4.75. The molecule has 0 aliphatic carbocycles. The highest BCUT2D eigenvalue weighted by Gasteiger charge is 2.18. The number of rotatable bonds is 7.